The fraction of sp³-hybridized carbons (Fsp3) is 0.238. The van der Waals surface area contributed by atoms with Crippen molar-refractivity contribution in [1.29, 1.82) is 0 Å². The van der Waals surface area contributed by atoms with Crippen LogP contribution >= 0.6 is 21.6 Å². The molecule has 2 amide bonds. The van der Waals surface area contributed by atoms with Gasteiger partial charge in [0.15, 0.2) is 0 Å². The van der Waals surface area contributed by atoms with Gasteiger partial charge in [0.1, 0.15) is 6.04 Å². The van der Waals surface area contributed by atoms with Gasteiger partial charge in [-0.15, -0.1) is 0 Å². The molecule has 0 aliphatic carbocycles. The van der Waals surface area contributed by atoms with Gasteiger partial charge in [0.25, 0.3) is 0 Å². The summed E-state index contributed by atoms with van der Waals surface area (Å²) in [4.78, 5) is 26.3. The van der Waals surface area contributed by atoms with Crippen LogP contribution in [-0.2, 0) is 17.6 Å². The van der Waals surface area contributed by atoms with Crippen LogP contribution in [0.4, 0.5) is 4.79 Å². The predicted molar refractivity (Wildman–Crippen MR) is 115 cm³/mol. The molecular weight excluding hydrogens is 392 g/mol. The summed E-state index contributed by atoms with van der Waals surface area (Å²) in [6.07, 6.45) is 0.953. The summed E-state index contributed by atoms with van der Waals surface area (Å²) >= 11 is 0. The third kappa shape index (κ3) is 5.81. The number of hydrogen-bond donors (Lipinski definition) is 2. The quantitative estimate of drug-likeness (QED) is 0.635. The maximum absolute atomic E-state index is 12.9. The number of rotatable bonds is 8. The van der Waals surface area contributed by atoms with E-state index >= 15 is 0 Å². The number of benzene rings is 2. The van der Waals surface area contributed by atoms with E-state index in [-0.39, 0.29) is 12.5 Å². The van der Waals surface area contributed by atoms with E-state index in [2.05, 4.69) is 5.32 Å². The molecule has 2 aromatic rings. The second-order valence-electron chi connectivity index (χ2n) is 6.38. The minimum absolute atomic E-state index is 0.247. The molecule has 0 fully saturated rings. The van der Waals surface area contributed by atoms with E-state index in [1.165, 1.54) is 0 Å². The first-order valence-electron chi connectivity index (χ1n) is 8.99. The van der Waals surface area contributed by atoms with Crippen LogP contribution in [0.25, 0.3) is 0 Å². The Bertz CT molecular complexity index is 828. The van der Waals surface area contributed by atoms with Crippen LogP contribution in [-0.4, -0.2) is 40.3 Å². The molecule has 28 heavy (non-hydrogen) atoms. The molecule has 1 atom stereocenters. The summed E-state index contributed by atoms with van der Waals surface area (Å²) in [5.41, 5.74) is 2.92. The van der Waals surface area contributed by atoms with Crippen LogP contribution in [0, 0.1) is 0 Å². The van der Waals surface area contributed by atoms with Crippen molar-refractivity contribution in [2.45, 2.75) is 18.9 Å². The van der Waals surface area contributed by atoms with E-state index < -0.39 is 12.0 Å². The molecule has 2 N–H and O–H groups in total. The Morgan fingerprint density at radius 1 is 1.04 bits per heavy atom. The van der Waals surface area contributed by atoms with E-state index in [1.54, 1.807) is 26.5 Å². The van der Waals surface area contributed by atoms with Crippen molar-refractivity contribution < 1.29 is 14.7 Å². The lowest BCUT2D eigenvalue weighted by atomic mass is 10.1. The van der Waals surface area contributed by atoms with Crippen LogP contribution in [0.5, 0.6) is 0 Å². The van der Waals surface area contributed by atoms with Gasteiger partial charge in [-0.1, -0.05) is 82.3 Å². The van der Waals surface area contributed by atoms with Gasteiger partial charge < -0.3 is 10.4 Å². The van der Waals surface area contributed by atoms with Crippen molar-refractivity contribution >= 4 is 33.6 Å². The number of nitrogens with one attached hydrogen (secondary N) is 1. The molecule has 2 aromatic carbocycles. The molecule has 1 heterocycles. The van der Waals surface area contributed by atoms with Crippen LogP contribution < -0.4 is 5.32 Å². The molecule has 1 aliphatic rings. The minimum atomic E-state index is -1.04. The maximum Gasteiger partial charge on any atom is 0.326 e. The Balaban J connectivity index is 1.69. The largest absolute Gasteiger partial charge is 0.480 e. The summed E-state index contributed by atoms with van der Waals surface area (Å²) in [6, 6.07) is 17.9. The molecule has 1 aliphatic heterocycles. The van der Waals surface area contributed by atoms with Gasteiger partial charge in [-0.05, 0) is 17.5 Å². The molecule has 0 saturated heterocycles. The highest BCUT2D eigenvalue weighted by molar-refractivity contribution is 8.78. The highest BCUT2D eigenvalue weighted by Gasteiger charge is 2.26. The average molecular weight is 415 g/mol. The van der Waals surface area contributed by atoms with Crippen LogP contribution in [0.3, 0.4) is 0 Å². The maximum atomic E-state index is 12.9. The molecule has 5 nitrogen and oxygen atoms in total. The van der Waals surface area contributed by atoms with Gasteiger partial charge in [-0.3, -0.25) is 4.90 Å². The van der Waals surface area contributed by atoms with Crippen molar-refractivity contribution in [2.75, 3.05) is 12.3 Å². The van der Waals surface area contributed by atoms with E-state index in [4.69, 9.17) is 0 Å². The molecular formula is C21H22N2O3S2. The zero-order valence-electron chi connectivity index (χ0n) is 15.3. The van der Waals surface area contributed by atoms with Crippen LogP contribution in [0.15, 0.2) is 71.8 Å². The van der Waals surface area contributed by atoms with E-state index in [0.29, 0.717) is 13.0 Å². The number of urea groups is 1. The molecule has 0 unspecified atom stereocenters. The van der Waals surface area contributed by atoms with E-state index in [0.717, 1.165) is 22.6 Å². The molecule has 0 saturated carbocycles. The predicted octanol–water partition coefficient (Wildman–Crippen LogP) is 4.17. The Morgan fingerprint density at radius 2 is 1.68 bits per heavy atom. The molecule has 146 valence electrons. The van der Waals surface area contributed by atoms with Gasteiger partial charge >= 0.3 is 12.0 Å². The highest BCUT2D eigenvalue weighted by atomic mass is 33.1. The van der Waals surface area contributed by atoms with Crippen LogP contribution in [0.2, 0.25) is 0 Å². The van der Waals surface area contributed by atoms with Crippen molar-refractivity contribution in [1.82, 2.24) is 10.2 Å². The molecule has 3 rings (SSSR count). The highest BCUT2D eigenvalue weighted by Crippen LogP contribution is 2.35. The van der Waals surface area contributed by atoms with Crippen molar-refractivity contribution in [3.05, 3.63) is 82.9 Å². The molecule has 0 spiro atoms. The lowest BCUT2D eigenvalue weighted by Gasteiger charge is -2.26. The number of carboxylic acid groups (broad SMARTS) is 1. The van der Waals surface area contributed by atoms with Gasteiger partial charge in [-0.2, -0.15) is 0 Å². The summed E-state index contributed by atoms with van der Waals surface area (Å²) in [5.74, 6) is -0.312. The van der Waals surface area contributed by atoms with Crippen LogP contribution in [0.1, 0.15) is 11.1 Å². The third-order valence-corrected chi connectivity index (χ3v) is 6.36. The Kier molecular flexibility index (Phi) is 7.45. The number of amides is 2. The zero-order valence-corrected chi connectivity index (χ0v) is 16.9. The molecule has 0 bridgehead atoms. The SMILES string of the molecule is O=C(O)[C@H](Cc1ccccc1)NC(=O)N(CCc1ccccc1)C1=CSSC1. The van der Waals surface area contributed by atoms with E-state index in [9.17, 15) is 14.7 Å². The first kappa shape index (κ1) is 20.4. The fourth-order valence-electron chi connectivity index (χ4n) is 2.90. The van der Waals surface area contributed by atoms with Crippen molar-refractivity contribution in [3.63, 3.8) is 0 Å². The Labute approximate surface area is 172 Å². The first-order valence-corrected chi connectivity index (χ1v) is 11.4. The van der Waals surface area contributed by atoms with Crippen molar-refractivity contribution in [3.8, 4) is 0 Å². The summed E-state index contributed by atoms with van der Waals surface area (Å²) in [6.45, 7) is 0.500. The molecule has 0 aromatic heterocycles. The monoisotopic (exact) mass is 414 g/mol. The summed E-state index contributed by atoms with van der Waals surface area (Å²) < 4.78 is 0. The van der Waals surface area contributed by atoms with Gasteiger partial charge in [0, 0.05) is 29.8 Å². The number of hydrogen-bond acceptors (Lipinski definition) is 4. The zero-order chi connectivity index (χ0) is 19.8. The number of aliphatic carboxylic acids is 1. The van der Waals surface area contributed by atoms with Crippen molar-refractivity contribution in [2.24, 2.45) is 0 Å². The van der Waals surface area contributed by atoms with E-state index in [1.807, 2.05) is 66.1 Å². The summed E-state index contributed by atoms with van der Waals surface area (Å²) in [7, 11) is 3.26. The normalized spacial score (nSPS) is 14.2. The minimum Gasteiger partial charge on any atom is -0.480 e. The topological polar surface area (TPSA) is 69.6 Å². The smallest absolute Gasteiger partial charge is 0.326 e. The van der Waals surface area contributed by atoms with Gasteiger partial charge in [0.05, 0.1) is 0 Å². The number of nitrogens with zero attached hydrogens (tertiary/aromatic N) is 1. The first-order chi connectivity index (χ1) is 13.6. The average Bonchev–Trinajstić information content (AvgIpc) is 3.23. The lowest BCUT2D eigenvalue weighted by Crippen LogP contribution is -2.49. The Morgan fingerprint density at radius 3 is 2.25 bits per heavy atom. The standard InChI is InChI=1S/C21H22N2O3S2/c24-20(25)19(13-17-9-5-2-6-10-17)22-21(26)23(18-14-27-28-15-18)12-11-16-7-3-1-4-8-16/h1-10,14,19H,11-13,15H2,(H,22,26)(H,24,25)/t19-/m0/s1. The Hall–Kier alpha value is -2.38. The number of carbonyl (C=O) groups is 2. The second-order valence-corrected chi connectivity index (χ2v) is 8.62. The van der Waals surface area contributed by atoms with Gasteiger partial charge in [0.2, 0.25) is 0 Å². The summed E-state index contributed by atoms with van der Waals surface area (Å²) in [5, 5.41) is 14.2. The fourth-order valence-corrected chi connectivity index (χ4v) is 4.92. The lowest BCUT2D eigenvalue weighted by molar-refractivity contribution is -0.139. The molecule has 0 radical (unpaired) electrons. The second kappa shape index (κ2) is 10.2. The molecule has 7 heteroatoms. The number of carbonyl (C=O) groups excluding carboxylic acids is 1. The number of carboxylic acids is 1. The van der Waals surface area contributed by atoms with Gasteiger partial charge in [-0.25, -0.2) is 9.59 Å². The third-order valence-electron chi connectivity index (χ3n) is 4.40.